The molecule has 0 aromatic carbocycles. The first-order valence-corrected chi connectivity index (χ1v) is 6.74. The van der Waals surface area contributed by atoms with Crippen LogP contribution in [0.5, 0.6) is 0 Å². The SMILES string of the molecule is Cc1nn(CC(=O)NC2CCC(O)CC2)c(C)c1N. The second-order valence-corrected chi connectivity index (χ2v) is 5.32. The van der Waals surface area contributed by atoms with Gasteiger partial charge in [0.25, 0.3) is 0 Å². The van der Waals surface area contributed by atoms with E-state index in [9.17, 15) is 9.90 Å². The van der Waals surface area contributed by atoms with E-state index in [1.807, 2.05) is 13.8 Å². The third-order valence-corrected chi connectivity index (χ3v) is 3.79. The number of carbonyl (C=O) groups excluding carboxylic acids is 1. The van der Waals surface area contributed by atoms with Crippen molar-refractivity contribution in [3.05, 3.63) is 11.4 Å². The molecule has 6 nitrogen and oxygen atoms in total. The highest BCUT2D eigenvalue weighted by molar-refractivity contribution is 5.76. The topological polar surface area (TPSA) is 93.2 Å². The zero-order valence-corrected chi connectivity index (χ0v) is 11.5. The first kappa shape index (κ1) is 13.9. The summed E-state index contributed by atoms with van der Waals surface area (Å²) in [5.74, 6) is -0.0491. The van der Waals surface area contributed by atoms with E-state index in [0.29, 0.717) is 5.69 Å². The molecule has 2 rings (SSSR count). The molecule has 6 heteroatoms. The summed E-state index contributed by atoms with van der Waals surface area (Å²) < 4.78 is 1.64. The van der Waals surface area contributed by atoms with Gasteiger partial charge in [0.2, 0.25) is 5.91 Å². The van der Waals surface area contributed by atoms with Crippen LogP contribution in [0.4, 0.5) is 5.69 Å². The summed E-state index contributed by atoms with van der Waals surface area (Å²) in [4.78, 5) is 12.0. The van der Waals surface area contributed by atoms with Crippen LogP contribution in [0.3, 0.4) is 0 Å². The fourth-order valence-corrected chi connectivity index (χ4v) is 2.49. The Hall–Kier alpha value is -1.56. The predicted octanol–water partition coefficient (Wildman–Crippen LogP) is 0.502. The highest BCUT2D eigenvalue weighted by atomic mass is 16.3. The molecule has 0 spiro atoms. The van der Waals surface area contributed by atoms with Crippen LogP contribution in [0, 0.1) is 13.8 Å². The fraction of sp³-hybridized carbons (Fsp3) is 0.692. The van der Waals surface area contributed by atoms with Crippen molar-refractivity contribution in [2.45, 2.75) is 58.2 Å². The quantitative estimate of drug-likeness (QED) is 0.742. The molecule has 106 valence electrons. The number of aliphatic hydroxyl groups excluding tert-OH is 1. The second kappa shape index (κ2) is 5.61. The molecule has 1 amide bonds. The summed E-state index contributed by atoms with van der Waals surface area (Å²) in [6.07, 6.45) is 3.00. The largest absolute Gasteiger partial charge is 0.396 e. The Morgan fingerprint density at radius 1 is 1.42 bits per heavy atom. The Morgan fingerprint density at radius 3 is 2.58 bits per heavy atom. The number of nitrogens with zero attached hydrogens (tertiary/aromatic N) is 2. The Labute approximate surface area is 113 Å². The highest BCUT2D eigenvalue weighted by Gasteiger charge is 2.21. The van der Waals surface area contributed by atoms with Crippen LogP contribution in [0.1, 0.15) is 37.1 Å². The van der Waals surface area contributed by atoms with Gasteiger partial charge in [0.1, 0.15) is 6.54 Å². The van der Waals surface area contributed by atoms with E-state index in [-0.39, 0.29) is 24.6 Å². The molecule has 1 aromatic heterocycles. The van der Waals surface area contributed by atoms with E-state index in [1.165, 1.54) is 0 Å². The van der Waals surface area contributed by atoms with Gasteiger partial charge in [-0.25, -0.2) is 0 Å². The fourth-order valence-electron chi connectivity index (χ4n) is 2.49. The molecule has 1 aromatic rings. The maximum Gasteiger partial charge on any atom is 0.241 e. The van der Waals surface area contributed by atoms with E-state index >= 15 is 0 Å². The number of aliphatic hydroxyl groups is 1. The summed E-state index contributed by atoms with van der Waals surface area (Å²) >= 11 is 0. The van der Waals surface area contributed by atoms with Crippen LogP contribution in [0.25, 0.3) is 0 Å². The molecule has 0 bridgehead atoms. The maximum absolute atomic E-state index is 12.0. The molecule has 1 aliphatic rings. The van der Waals surface area contributed by atoms with E-state index in [2.05, 4.69) is 10.4 Å². The van der Waals surface area contributed by atoms with Crippen molar-refractivity contribution in [2.75, 3.05) is 5.73 Å². The van der Waals surface area contributed by atoms with E-state index in [0.717, 1.165) is 37.1 Å². The molecule has 0 atom stereocenters. The lowest BCUT2D eigenvalue weighted by atomic mass is 9.93. The molecule has 19 heavy (non-hydrogen) atoms. The summed E-state index contributed by atoms with van der Waals surface area (Å²) in [5, 5.41) is 16.7. The maximum atomic E-state index is 12.0. The molecule has 0 saturated heterocycles. The van der Waals surface area contributed by atoms with Gasteiger partial charge >= 0.3 is 0 Å². The lowest BCUT2D eigenvalue weighted by Crippen LogP contribution is -2.40. The average Bonchev–Trinajstić information content (AvgIpc) is 2.60. The molecule has 0 aliphatic heterocycles. The normalized spacial score (nSPS) is 23.3. The summed E-state index contributed by atoms with van der Waals surface area (Å²) in [6, 6.07) is 0.171. The lowest BCUT2D eigenvalue weighted by Gasteiger charge is -2.26. The number of anilines is 1. The Kier molecular flexibility index (Phi) is 4.09. The van der Waals surface area contributed by atoms with Crippen LogP contribution in [-0.4, -0.2) is 32.9 Å². The standard InChI is InChI=1S/C13H22N4O2/c1-8-13(14)9(2)17(16-8)7-12(19)15-10-3-5-11(18)6-4-10/h10-11,18H,3-7,14H2,1-2H3,(H,15,19). The van der Waals surface area contributed by atoms with Gasteiger partial charge in [-0.3, -0.25) is 9.48 Å². The minimum absolute atomic E-state index is 0.0491. The van der Waals surface area contributed by atoms with Gasteiger partial charge in [0, 0.05) is 6.04 Å². The van der Waals surface area contributed by atoms with Gasteiger partial charge in [0.15, 0.2) is 0 Å². The van der Waals surface area contributed by atoms with Gasteiger partial charge < -0.3 is 16.2 Å². The van der Waals surface area contributed by atoms with E-state index in [4.69, 9.17) is 5.73 Å². The smallest absolute Gasteiger partial charge is 0.241 e. The number of hydrogen-bond donors (Lipinski definition) is 3. The van der Waals surface area contributed by atoms with Crippen LogP contribution in [-0.2, 0) is 11.3 Å². The molecule has 1 fully saturated rings. The number of amides is 1. The Balaban J connectivity index is 1.89. The summed E-state index contributed by atoms with van der Waals surface area (Å²) in [5.41, 5.74) is 8.06. The van der Waals surface area contributed by atoms with E-state index < -0.39 is 0 Å². The van der Waals surface area contributed by atoms with Crippen molar-refractivity contribution in [3.8, 4) is 0 Å². The number of hydrogen-bond acceptors (Lipinski definition) is 4. The van der Waals surface area contributed by atoms with Crippen molar-refractivity contribution in [1.29, 1.82) is 0 Å². The minimum atomic E-state index is -0.205. The number of aryl methyl sites for hydroxylation is 1. The van der Waals surface area contributed by atoms with Gasteiger partial charge in [0.05, 0.1) is 23.2 Å². The van der Waals surface area contributed by atoms with Gasteiger partial charge in [-0.05, 0) is 39.5 Å². The van der Waals surface area contributed by atoms with Gasteiger partial charge in [-0.2, -0.15) is 5.10 Å². The first-order valence-electron chi connectivity index (χ1n) is 6.74. The number of carbonyl (C=O) groups is 1. The van der Waals surface area contributed by atoms with Crippen LogP contribution in [0.2, 0.25) is 0 Å². The third kappa shape index (κ3) is 3.26. The monoisotopic (exact) mass is 266 g/mol. The number of rotatable bonds is 3. The molecule has 1 heterocycles. The predicted molar refractivity (Wildman–Crippen MR) is 72.5 cm³/mol. The first-order chi connectivity index (χ1) is 8.97. The highest BCUT2D eigenvalue weighted by Crippen LogP contribution is 2.18. The Morgan fingerprint density at radius 2 is 2.05 bits per heavy atom. The van der Waals surface area contributed by atoms with Crippen molar-refractivity contribution in [1.82, 2.24) is 15.1 Å². The second-order valence-electron chi connectivity index (χ2n) is 5.32. The zero-order chi connectivity index (χ0) is 14.0. The number of aromatic nitrogens is 2. The van der Waals surface area contributed by atoms with Crippen molar-refractivity contribution < 1.29 is 9.90 Å². The lowest BCUT2D eigenvalue weighted by molar-refractivity contribution is -0.123. The van der Waals surface area contributed by atoms with Crippen molar-refractivity contribution in [2.24, 2.45) is 0 Å². The van der Waals surface area contributed by atoms with Crippen LogP contribution >= 0.6 is 0 Å². The van der Waals surface area contributed by atoms with E-state index in [1.54, 1.807) is 4.68 Å². The minimum Gasteiger partial charge on any atom is -0.396 e. The molecule has 0 radical (unpaired) electrons. The Bertz CT molecular complexity index is 461. The molecule has 0 unspecified atom stereocenters. The van der Waals surface area contributed by atoms with Crippen molar-refractivity contribution >= 4 is 11.6 Å². The molecular weight excluding hydrogens is 244 g/mol. The molecule has 1 saturated carbocycles. The number of nitrogens with one attached hydrogen (secondary N) is 1. The van der Waals surface area contributed by atoms with Gasteiger partial charge in [-0.1, -0.05) is 0 Å². The molecular formula is C13H22N4O2. The molecule has 1 aliphatic carbocycles. The van der Waals surface area contributed by atoms with Crippen LogP contribution in [0.15, 0.2) is 0 Å². The van der Waals surface area contributed by atoms with Gasteiger partial charge in [-0.15, -0.1) is 0 Å². The van der Waals surface area contributed by atoms with Crippen molar-refractivity contribution in [3.63, 3.8) is 0 Å². The average molecular weight is 266 g/mol. The molecule has 4 N–H and O–H groups in total. The summed E-state index contributed by atoms with van der Waals surface area (Å²) in [7, 11) is 0. The summed E-state index contributed by atoms with van der Waals surface area (Å²) in [6.45, 7) is 3.89. The zero-order valence-electron chi connectivity index (χ0n) is 11.5. The number of nitrogens with two attached hydrogens (primary N) is 1. The third-order valence-electron chi connectivity index (χ3n) is 3.79. The number of nitrogen functional groups attached to an aromatic ring is 1. The van der Waals surface area contributed by atoms with Crippen LogP contribution < -0.4 is 11.1 Å².